The Labute approximate surface area is 231 Å². The molecule has 0 saturated heterocycles. The predicted octanol–water partition coefficient (Wildman–Crippen LogP) is 5.12. The molecular weight excluding hydrogens is 506 g/mol. The number of benzene rings is 1. The van der Waals surface area contributed by atoms with Gasteiger partial charge < -0.3 is 29.4 Å². The molecule has 0 saturated carbocycles. The molecule has 39 heavy (non-hydrogen) atoms. The van der Waals surface area contributed by atoms with Gasteiger partial charge in [-0.25, -0.2) is 4.79 Å². The molecule has 0 spiro atoms. The van der Waals surface area contributed by atoms with Gasteiger partial charge in [-0.1, -0.05) is 46.6 Å². The average molecular weight is 552 g/mol. The molecule has 0 fully saturated rings. The van der Waals surface area contributed by atoms with Gasteiger partial charge in [0.15, 0.2) is 11.5 Å². The molecule has 0 aliphatic rings. The molecule has 0 bridgehead atoms. The number of nitrogens with two attached hydrogens (primary N) is 1. The number of hydrogen-bond donors (Lipinski definition) is 1. The van der Waals surface area contributed by atoms with Gasteiger partial charge in [0.1, 0.15) is 18.2 Å². The van der Waals surface area contributed by atoms with Crippen LogP contribution in [0.3, 0.4) is 0 Å². The van der Waals surface area contributed by atoms with Crippen LogP contribution in [0.2, 0.25) is 0 Å². The molecule has 0 aliphatic heterocycles. The van der Waals surface area contributed by atoms with Crippen LogP contribution in [0.15, 0.2) is 18.2 Å². The molecule has 0 amide bonds. The molecule has 0 aliphatic carbocycles. The second-order valence-corrected chi connectivity index (χ2v) is 10.4. The van der Waals surface area contributed by atoms with Gasteiger partial charge in [-0.05, 0) is 63.6 Å². The standard InChI is InChI=1S/C29H45NO9/c1-9-18(5)13-26(31)38-24-12-11-22(16-25(24)39-27(32)14-19(6)10-2)15-23(30)28(33)36-20(7)21(8)37-29(34)35-17(3)4/h11-12,16-21,23H,9-10,13-15,30H2,1-8H3/t18?,19?,20-,21-,23-/m0/s1. The first-order valence-electron chi connectivity index (χ1n) is 13.6. The minimum atomic E-state index is -1.05. The van der Waals surface area contributed by atoms with Crippen molar-refractivity contribution in [3.63, 3.8) is 0 Å². The maximum absolute atomic E-state index is 12.6. The highest BCUT2D eigenvalue weighted by Gasteiger charge is 2.26. The van der Waals surface area contributed by atoms with Crippen LogP contribution in [0.4, 0.5) is 4.79 Å². The van der Waals surface area contributed by atoms with E-state index in [9.17, 15) is 19.2 Å². The zero-order valence-corrected chi connectivity index (χ0v) is 24.5. The van der Waals surface area contributed by atoms with Gasteiger partial charge in [0.05, 0.1) is 6.10 Å². The van der Waals surface area contributed by atoms with E-state index in [4.69, 9.17) is 29.4 Å². The van der Waals surface area contributed by atoms with E-state index < -0.39 is 42.3 Å². The van der Waals surface area contributed by atoms with Crippen LogP contribution in [0, 0.1) is 11.8 Å². The summed E-state index contributed by atoms with van der Waals surface area (Å²) in [6, 6.07) is 3.64. The third-order valence-corrected chi connectivity index (χ3v) is 6.22. The Bertz CT molecular complexity index is 962. The Morgan fingerprint density at radius 1 is 0.744 bits per heavy atom. The van der Waals surface area contributed by atoms with Crippen molar-refractivity contribution in [3.8, 4) is 11.5 Å². The van der Waals surface area contributed by atoms with E-state index >= 15 is 0 Å². The normalized spacial score (nSPS) is 14.9. The van der Waals surface area contributed by atoms with Gasteiger partial charge in [0.2, 0.25) is 0 Å². The Kier molecular flexibility index (Phi) is 14.5. The van der Waals surface area contributed by atoms with Crippen molar-refractivity contribution in [2.45, 2.75) is 112 Å². The van der Waals surface area contributed by atoms with Crippen LogP contribution in [-0.2, 0) is 35.0 Å². The van der Waals surface area contributed by atoms with Crippen molar-refractivity contribution in [2.24, 2.45) is 17.6 Å². The van der Waals surface area contributed by atoms with E-state index in [1.165, 1.54) is 12.1 Å². The molecule has 0 radical (unpaired) electrons. The molecule has 1 aromatic carbocycles. The fourth-order valence-corrected chi connectivity index (χ4v) is 3.20. The monoisotopic (exact) mass is 551 g/mol. The smallest absolute Gasteiger partial charge is 0.458 e. The van der Waals surface area contributed by atoms with Gasteiger partial charge >= 0.3 is 24.1 Å². The van der Waals surface area contributed by atoms with Crippen molar-refractivity contribution >= 4 is 24.1 Å². The summed E-state index contributed by atoms with van der Waals surface area (Å²) in [5.41, 5.74) is 6.66. The average Bonchev–Trinajstić information content (AvgIpc) is 2.84. The zero-order valence-electron chi connectivity index (χ0n) is 24.5. The van der Waals surface area contributed by atoms with E-state index in [0.29, 0.717) is 5.56 Å². The fraction of sp³-hybridized carbons (Fsp3) is 0.655. The first-order valence-corrected chi connectivity index (χ1v) is 13.6. The van der Waals surface area contributed by atoms with Crippen molar-refractivity contribution in [1.29, 1.82) is 0 Å². The lowest BCUT2D eigenvalue weighted by atomic mass is 10.0. The number of hydrogen-bond acceptors (Lipinski definition) is 10. The predicted molar refractivity (Wildman–Crippen MR) is 145 cm³/mol. The molecule has 2 N–H and O–H groups in total. The number of rotatable bonds is 15. The molecular formula is C29H45NO9. The summed E-state index contributed by atoms with van der Waals surface area (Å²) in [5, 5.41) is 0. The highest BCUT2D eigenvalue weighted by Crippen LogP contribution is 2.30. The molecule has 1 aromatic rings. The lowest BCUT2D eigenvalue weighted by Crippen LogP contribution is -2.39. The molecule has 220 valence electrons. The lowest BCUT2D eigenvalue weighted by Gasteiger charge is -2.22. The molecule has 0 aromatic heterocycles. The molecule has 5 atom stereocenters. The first kappa shape index (κ1) is 33.9. The summed E-state index contributed by atoms with van der Waals surface area (Å²) in [6.07, 6.45) is -0.599. The van der Waals surface area contributed by atoms with Crippen LogP contribution >= 0.6 is 0 Å². The van der Waals surface area contributed by atoms with E-state index in [1.54, 1.807) is 33.8 Å². The van der Waals surface area contributed by atoms with Crippen LogP contribution in [0.25, 0.3) is 0 Å². The topological polar surface area (TPSA) is 140 Å². The molecule has 10 nitrogen and oxygen atoms in total. The van der Waals surface area contributed by atoms with E-state index in [1.807, 2.05) is 27.7 Å². The maximum atomic E-state index is 12.6. The van der Waals surface area contributed by atoms with E-state index in [-0.39, 0.29) is 48.7 Å². The molecule has 1 rings (SSSR count). The van der Waals surface area contributed by atoms with Crippen LogP contribution in [0.1, 0.15) is 86.6 Å². The lowest BCUT2D eigenvalue weighted by molar-refractivity contribution is -0.155. The Morgan fingerprint density at radius 3 is 1.77 bits per heavy atom. The summed E-state index contributed by atoms with van der Waals surface area (Å²) < 4.78 is 26.5. The van der Waals surface area contributed by atoms with Crippen LogP contribution in [-0.4, -0.2) is 48.4 Å². The number of ether oxygens (including phenoxy) is 5. The fourth-order valence-electron chi connectivity index (χ4n) is 3.20. The minimum absolute atomic E-state index is 0.0627. The summed E-state index contributed by atoms with van der Waals surface area (Å²) in [7, 11) is 0. The van der Waals surface area contributed by atoms with Crippen molar-refractivity contribution in [2.75, 3.05) is 0 Å². The third kappa shape index (κ3) is 13.0. The first-order chi connectivity index (χ1) is 18.2. The maximum Gasteiger partial charge on any atom is 0.508 e. The number of carbonyl (C=O) groups is 4. The minimum Gasteiger partial charge on any atom is -0.458 e. The van der Waals surface area contributed by atoms with Gasteiger partial charge in [0.25, 0.3) is 0 Å². The van der Waals surface area contributed by atoms with Crippen LogP contribution in [0.5, 0.6) is 11.5 Å². The summed E-state index contributed by atoms with van der Waals surface area (Å²) in [6.45, 7) is 14.4. The zero-order chi connectivity index (χ0) is 29.7. The van der Waals surface area contributed by atoms with Gasteiger partial charge in [-0.2, -0.15) is 0 Å². The van der Waals surface area contributed by atoms with Gasteiger partial charge in [-0.15, -0.1) is 0 Å². The Balaban J connectivity index is 2.95. The van der Waals surface area contributed by atoms with E-state index in [0.717, 1.165) is 12.8 Å². The quantitative estimate of drug-likeness (QED) is 0.231. The summed E-state index contributed by atoms with van der Waals surface area (Å²) in [4.78, 5) is 49.2. The second-order valence-electron chi connectivity index (χ2n) is 10.4. The van der Waals surface area contributed by atoms with Gasteiger partial charge in [-0.3, -0.25) is 14.4 Å². The number of esters is 3. The Hall–Kier alpha value is -3.14. The largest absolute Gasteiger partial charge is 0.508 e. The molecule has 0 heterocycles. The third-order valence-electron chi connectivity index (χ3n) is 6.22. The molecule has 2 unspecified atom stereocenters. The highest BCUT2D eigenvalue weighted by atomic mass is 16.7. The second kappa shape index (κ2) is 16.7. The van der Waals surface area contributed by atoms with Crippen molar-refractivity contribution in [1.82, 2.24) is 0 Å². The summed E-state index contributed by atoms with van der Waals surface area (Å²) in [5.74, 6) is -1.11. The van der Waals surface area contributed by atoms with Crippen molar-refractivity contribution < 1.29 is 42.9 Å². The van der Waals surface area contributed by atoms with Crippen molar-refractivity contribution in [3.05, 3.63) is 23.8 Å². The number of carbonyl (C=O) groups excluding carboxylic acids is 4. The van der Waals surface area contributed by atoms with Gasteiger partial charge in [0, 0.05) is 12.8 Å². The van der Waals surface area contributed by atoms with Crippen LogP contribution < -0.4 is 15.2 Å². The summed E-state index contributed by atoms with van der Waals surface area (Å²) >= 11 is 0. The Morgan fingerprint density at radius 2 is 1.26 bits per heavy atom. The SMILES string of the molecule is CCC(C)CC(=O)Oc1ccc(C[C@H](N)C(=O)O[C@@H](C)[C@H](C)OC(=O)OC(C)C)cc1OC(=O)CC(C)CC. The highest BCUT2D eigenvalue weighted by molar-refractivity contribution is 5.77. The molecule has 10 heteroatoms. The van der Waals surface area contributed by atoms with E-state index in [2.05, 4.69) is 0 Å².